The lowest BCUT2D eigenvalue weighted by Gasteiger charge is -2.41. The van der Waals surface area contributed by atoms with Crippen LogP contribution in [0.5, 0.6) is 11.5 Å². The summed E-state index contributed by atoms with van der Waals surface area (Å²) in [5, 5.41) is 13.0. The number of halogens is 2. The molecule has 0 bridgehead atoms. The monoisotopic (exact) mass is 524 g/mol. The zero-order valence-electron chi connectivity index (χ0n) is 20.0. The molecule has 4 heterocycles. The summed E-state index contributed by atoms with van der Waals surface area (Å²) in [5.41, 5.74) is 5.19. The highest BCUT2D eigenvalue weighted by molar-refractivity contribution is 6.36. The first-order valence-corrected chi connectivity index (χ1v) is 12.8. The minimum absolute atomic E-state index is 0.361. The molecule has 1 atom stereocenters. The Balaban J connectivity index is 1.29. The van der Waals surface area contributed by atoms with Gasteiger partial charge in [0.05, 0.1) is 27.9 Å². The predicted octanol–water partition coefficient (Wildman–Crippen LogP) is 6.37. The number of nitrogens with zero attached hydrogens (tertiary/aromatic N) is 2. The molecule has 36 heavy (non-hydrogen) atoms. The lowest BCUT2D eigenvalue weighted by atomic mass is 10.0. The molecule has 7 nitrogen and oxygen atoms in total. The fourth-order valence-corrected chi connectivity index (χ4v) is 5.58. The Labute approximate surface area is 219 Å². The van der Waals surface area contributed by atoms with Crippen LogP contribution in [-0.4, -0.2) is 34.1 Å². The van der Waals surface area contributed by atoms with Gasteiger partial charge in [-0.15, -0.1) is 0 Å². The molecular formula is C27H26Cl2N4O3. The molecule has 2 N–H and O–H groups in total. The van der Waals surface area contributed by atoms with E-state index in [2.05, 4.69) is 26.6 Å². The molecule has 6 rings (SSSR count). The van der Waals surface area contributed by atoms with E-state index in [-0.39, 0.29) is 6.10 Å². The van der Waals surface area contributed by atoms with Gasteiger partial charge in [0.1, 0.15) is 23.3 Å². The molecule has 2 aromatic heterocycles. The molecule has 0 unspecified atom stereocenters. The molecule has 0 saturated carbocycles. The molecule has 1 fully saturated rings. The number of H-pyrrole nitrogens is 1. The molecule has 1 spiro atoms. The van der Waals surface area contributed by atoms with Crippen molar-refractivity contribution in [1.82, 2.24) is 20.5 Å². The normalized spacial score (nSPS) is 17.6. The van der Waals surface area contributed by atoms with Crippen molar-refractivity contribution in [2.24, 2.45) is 0 Å². The van der Waals surface area contributed by atoms with Gasteiger partial charge < -0.3 is 19.5 Å². The van der Waals surface area contributed by atoms with Crippen LogP contribution in [0.15, 0.2) is 42.6 Å². The van der Waals surface area contributed by atoms with Crippen LogP contribution in [0.4, 0.5) is 0 Å². The average Bonchev–Trinajstić information content (AvgIpc) is 3.30. The second-order valence-corrected chi connectivity index (χ2v) is 10.1. The summed E-state index contributed by atoms with van der Waals surface area (Å²) in [5.74, 6) is 1.06. The minimum Gasteiger partial charge on any atom is -0.486 e. The van der Waals surface area contributed by atoms with Crippen molar-refractivity contribution in [3.8, 4) is 22.8 Å². The summed E-state index contributed by atoms with van der Waals surface area (Å²) in [6, 6.07) is 12.0. The number of piperidine rings is 1. The van der Waals surface area contributed by atoms with Crippen LogP contribution in [0.2, 0.25) is 10.0 Å². The molecule has 186 valence electrons. The maximum atomic E-state index is 6.48. The van der Waals surface area contributed by atoms with E-state index in [4.69, 9.17) is 37.4 Å². The summed E-state index contributed by atoms with van der Waals surface area (Å²) in [6.07, 6.45) is 2.93. The van der Waals surface area contributed by atoms with Crippen molar-refractivity contribution >= 4 is 34.1 Å². The molecule has 0 radical (unpaired) electrons. The Morgan fingerprint density at radius 1 is 1.11 bits per heavy atom. The number of fused-ring (bicyclic) bond motifs is 2. The van der Waals surface area contributed by atoms with E-state index < -0.39 is 5.79 Å². The van der Waals surface area contributed by atoms with Gasteiger partial charge >= 0.3 is 0 Å². The van der Waals surface area contributed by atoms with Crippen LogP contribution < -0.4 is 14.8 Å². The third-order valence-corrected chi connectivity index (χ3v) is 7.70. The van der Waals surface area contributed by atoms with Gasteiger partial charge in [0, 0.05) is 54.2 Å². The van der Waals surface area contributed by atoms with E-state index in [1.54, 1.807) is 6.20 Å². The molecule has 4 aromatic rings. The first-order valence-electron chi connectivity index (χ1n) is 12.0. The van der Waals surface area contributed by atoms with Gasteiger partial charge in [0.25, 0.3) is 0 Å². The lowest BCUT2D eigenvalue weighted by molar-refractivity contribution is -0.218. The third kappa shape index (κ3) is 4.20. The highest BCUT2D eigenvalue weighted by atomic mass is 35.5. The van der Waals surface area contributed by atoms with Gasteiger partial charge in [0.15, 0.2) is 0 Å². The lowest BCUT2D eigenvalue weighted by Crippen LogP contribution is -2.49. The van der Waals surface area contributed by atoms with E-state index in [9.17, 15) is 0 Å². The zero-order chi connectivity index (χ0) is 24.9. The minimum atomic E-state index is -0.513. The Morgan fingerprint density at radius 3 is 2.78 bits per heavy atom. The van der Waals surface area contributed by atoms with Crippen LogP contribution in [0, 0.1) is 6.92 Å². The van der Waals surface area contributed by atoms with Crippen LogP contribution in [0.25, 0.3) is 22.2 Å². The van der Waals surface area contributed by atoms with Crippen molar-refractivity contribution in [2.45, 2.75) is 45.2 Å². The summed E-state index contributed by atoms with van der Waals surface area (Å²) >= 11 is 12.9. The van der Waals surface area contributed by atoms with Crippen molar-refractivity contribution < 1.29 is 14.2 Å². The summed E-state index contributed by atoms with van der Waals surface area (Å²) in [6.45, 7) is 6.08. The molecule has 2 aliphatic heterocycles. The number of hydrogen-bond acceptors (Lipinski definition) is 6. The number of benzene rings is 2. The highest BCUT2D eigenvalue weighted by Gasteiger charge is 2.39. The summed E-state index contributed by atoms with van der Waals surface area (Å²) in [7, 11) is 0. The zero-order valence-corrected chi connectivity index (χ0v) is 21.5. The van der Waals surface area contributed by atoms with Gasteiger partial charge in [-0.2, -0.15) is 5.10 Å². The Kier molecular flexibility index (Phi) is 6.04. The number of nitrogens with one attached hydrogen (secondary N) is 2. The smallest absolute Gasteiger partial charge is 0.213 e. The molecule has 1 saturated heterocycles. The van der Waals surface area contributed by atoms with E-state index >= 15 is 0 Å². The maximum absolute atomic E-state index is 6.48. The molecule has 2 aliphatic rings. The Hall–Kier alpha value is -2.84. The van der Waals surface area contributed by atoms with Gasteiger partial charge in [-0.25, -0.2) is 0 Å². The van der Waals surface area contributed by atoms with Crippen LogP contribution in [0.1, 0.15) is 42.7 Å². The van der Waals surface area contributed by atoms with Crippen LogP contribution in [0.3, 0.4) is 0 Å². The molecule has 2 aromatic carbocycles. The largest absolute Gasteiger partial charge is 0.486 e. The Morgan fingerprint density at radius 2 is 1.94 bits per heavy atom. The second kappa shape index (κ2) is 9.23. The number of pyridine rings is 1. The summed E-state index contributed by atoms with van der Waals surface area (Å²) in [4.78, 5) is 4.21. The van der Waals surface area contributed by atoms with Crippen molar-refractivity contribution in [3.05, 3.63) is 69.5 Å². The van der Waals surface area contributed by atoms with Crippen molar-refractivity contribution in [1.29, 1.82) is 0 Å². The Bertz CT molecular complexity index is 1450. The average molecular weight is 525 g/mol. The van der Waals surface area contributed by atoms with Crippen LogP contribution in [-0.2, 0) is 11.3 Å². The number of aromatic nitrogens is 3. The van der Waals surface area contributed by atoms with E-state index in [1.165, 1.54) is 0 Å². The first-order chi connectivity index (χ1) is 17.4. The van der Waals surface area contributed by atoms with E-state index in [1.807, 2.05) is 44.2 Å². The summed E-state index contributed by atoms with van der Waals surface area (Å²) < 4.78 is 18.8. The van der Waals surface area contributed by atoms with Crippen LogP contribution >= 0.6 is 23.2 Å². The first kappa shape index (κ1) is 23.6. The van der Waals surface area contributed by atoms with Crippen molar-refractivity contribution in [2.75, 3.05) is 13.1 Å². The molecule has 0 aliphatic carbocycles. The van der Waals surface area contributed by atoms with Gasteiger partial charge in [-0.3, -0.25) is 10.1 Å². The highest BCUT2D eigenvalue weighted by Crippen LogP contribution is 2.40. The topological polar surface area (TPSA) is 81.3 Å². The number of aromatic amines is 1. The van der Waals surface area contributed by atoms with E-state index in [0.29, 0.717) is 28.1 Å². The number of aryl methyl sites for hydroxylation is 1. The number of rotatable bonds is 4. The second-order valence-electron chi connectivity index (χ2n) is 9.33. The fraction of sp³-hybridized carbons (Fsp3) is 0.333. The molecular weight excluding hydrogens is 499 g/mol. The standard InChI is InChI=1S/C27H26Cl2N4O3/c1-15-25(29)24(21(28)13-31-15)16(2)35-19-4-5-22-20(12-19)26(33-32-22)17-3-6-23-18(11-17)14-34-27(36-23)7-9-30-10-8-27/h3-6,11-13,16,30H,7-10,14H2,1-2H3,(H,32,33)/t16-/m1/s1. The predicted molar refractivity (Wildman–Crippen MR) is 140 cm³/mol. The molecule has 0 amide bonds. The quantitative estimate of drug-likeness (QED) is 0.322. The third-order valence-electron chi connectivity index (χ3n) is 6.92. The number of ether oxygens (including phenoxy) is 3. The van der Waals surface area contributed by atoms with Crippen molar-refractivity contribution in [3.63, 3.8) is 0 Å². The van der Waals surface area contributed by atoms with Gasteiger partial charge in [-0.05, 0) is 50.2 Å². The SMILES string of the molecule is Cc1ncc(Cl)c([C@@H](C)Oc2ccc3[nH]nc(-c4ccc5c(c4)COC4(CCNCC4)O5)c3c2)c1Cl. The maximum Gasteiger partial charge on any atom is 0.213 e. The van der Waals surface area contributed by atoms with Gasteiger partial charge in [-0.1, -0.05) is 23.2 Å². The van der Waals surface area contributed by atoms with Gasteiger partial charge in [0.2, 0.25) is 5.79 Å². The number of hydrogen-bond donors (Lipinski definition) is 2. The fourth-order valence-electron chi connectivity index (χ4n) is 4.93. The molecule has 9 heteroatoms. The van der Waals surface area contributed by atoms with E-state index in [0.717, 1.165) is 65.0 Å².